The smallest absolute Gasteiger partial charge is 0.0992 e. The van der Waals surface area contributed by atoms with Crippen LogP contribution in [0, 0.1) is 18.3 Å². The summed E-state index contributed by atoms with van der Waals surface area (Å²) < 4.78 is 12.3. The van der Waals surface area contributed by atoms with Crippen LogP contribution < -0.4 is 5.73 Å². The third-order valence-corrected chi connectivity index (χ3v) is 4.68. The van der Waals surface area contributed by atoms with Gasteiger partial charge in [0, 0.05) is 15.6 Å². The maximum atomic E-state index is 12.3. The first-order valence-corrected chi connectivity index (χ1v) is 7.64. The number of rotatable bonds is 3. The van der Waals surface area contributed by atoms with Gasteiger partial charge >= 0.3 is 0 Å². The number of nitriles is 1. The molecule has 0 amide bonds. The lowest BCUT2D eigenvalue weighted by Crippen LogP contribution is -1.99. The average Bonchev–Trinajstić information content (AvgIpc) is 2.43. The first-order valence-electron chi connectivity index (χ1n) is 5.94. The number of halogens is 1. The number of benzene rings is 2. The second-order valence-corrected chi connectivity index (χ2v) is 6.28. The van der Waals surface area contributed by atoms with E-state index in [0.717, 1.165) is 16.0 Å². The van der Waals surface area contributed by atoms with Crippen molar-refractivity contribution in [1.29, 1.82) is 5.26 Å². The van der Waals surface area contributed by atoms with Gasteiger partial charge in [-0.3, -0.25) is 4.21 Å². The van der Waals surface area contributed by atoms with Crippen molar-refractivity contribution in [2.24, 2.45) is 0 Å². The molecule has 2 aromatic carbocycles. The highest BCUT2D eigenvalue weighted by Crippen LogP contribution is 2.23. The van der Waals surface area contributed by atoms with Crippen LogP contribution in [0.3, 0.4) is 0 Å². The number of hydrogen-bond donors (Lipinski definition) is 1. The van der Waals surface area contributed by atoms with Crippen LogP contribution in [0.25, 0.3) is 0 Å². The van der Waals surface area contributed by atoms with Crippen LogP contribution in [-0.2, 0) is 16.6 Å². The molecule has 0 aliphatic carbocycles. The Balaban J connectivity index is 2.23. The Hall–Kier alpha value is -1.83. The quantitative estimate of drug-likeness (QED) is 0.884. The third kappa shape index (κ3) is 3.19. The number of anilines is 1. The molecule has 0 aromatic heterocycles. The van der Waals surface area contributed by atoms with Crippen molar-refractivity contribution in [3.05, 3.63) is 58.1 Å². The number of nitrogens with two attached hydrogens (primary N) is 1. The minimum Gasteiger partial charge on any atom is -0.399 e. The monoisotopic (exact) mass is 304 g/mol. The lowest BCUT2D eigenvalue weighted by atomic mass is 10.2. The highest BCUT2D eigenvalue weighted by molar-refractivity contribution is 7.84. The van der Waals surface area contributed by atoms with Crippen LogP contribution in [0.5, 0.6) is 0 Å². The molecule has 0 heterocycles. The van der Waals surface area contributed by atoms with E-state index < -0.39 is 10.8 Å². The zero-order valence-electron chi connectivity index (χ0n) is 10.9. The van der Waals surface area contributed by atoms with Crippen molar-refractivity contribution < 1.29 is 4.21 Å². The van der Waals surface area contributed by atoms with Gasteiger partial charge in [0.25, 0.3) is 0 Å². The highest BCUT2D eigenvalue weighted by Gasteiger charge is 2.10. The van der Waals surface area contributed by atoms with Gasteiger partial charge in [0.05, 0.1) is 28.2 Å². The fourth-order valence-corrected chi connectivity index (χ4v) is 3.30. The first kappa shape index (κ1) is 14.6. The lowest BCUT2D eigenvalue weighted by molar-refractivity contribution is 0.682. The molecule has 0 aliphatic rings. The Labute approximate surface area is 125 Å². The second-order valence-electron chi connectivity index (χ2n) is 4.43. The maximum absolute atomic E-state index is 12.3. The van der Waals surface area contributed by atoms with Crippen LogP contribution in [0.15, 0.2) is 41.3 Å². The van der Waals surface area contributed by atoms with Gasteiger partial charge in [-0.2, -0.15) is 5.26 Å². The van der Waals surface area contributed by atoms with Crippen molar-refractivity contribution in [1.82, 2.24) is 0 Å². The summed E-state index contributed by atoms with van der Waals surface area (Å²) in [5, 5.41) is 9.25. The average molecular weight is 305 g/mol. The summed E-state index contributed by atoms with van der Waals surface area (Å²) in [7, 11) is -1.19. The molecule has 20 heavy (non-hydrogen) atoms. The van der Waals surface area contributed by atoms with E-state index >= 15 is 0 Å². The Morgan fingerprint density at radius 2 is 2.05 bits per heavy atom. The summed E-state index contributed by atoms with van der Waals surface area (Å²) in [6.45, 7) is 1.88. The maximum Gasteiger partial charge on any atom is 0.0992 e. The van der Waals surface area contributed by atoms with E-state index in [-0.39, 0.29) is 0 Å². The largest absolute Gasteiger partial charge is 0.399 e. The Morgan fingerprint density at radius 1 is 1.30 bits per heavy atom. The van der Waals surface area contributed by atoms with Crippen LogP contribution in [0.2, 0.25) is 5.02 Å². The van der Waals surface area contributed by atoms with E-state index in [9.17, 15) is 4.21 Å². The van der Waals surface area contributed by atoms with Gasteiger partial charge in [-0.15, -0.1) is 0 Å². The molecule has 0 spiro atoms. The van der Waals surface area contributed by atoms with Crippen molar-refractivity contribution in [2.75, 3.05) is 5.73 Å². The Bertz CT molecular complexity index is 722. The number of aryl methyl sites for hydroxylation is 1. The van der Waals surface area contributed by atoms with Gasteiger partial charge < -0.3 is 5.73 Å². The summed E-state index contributed by atoms with van der Waals surface area (Å²) >= 11 is 6.09. The standard InChI is InChI=1S/C15H13ClN2OS/c1-10-6-13(4-5-15(10)18)20(19)9-12-3-2-11(8-17)7-14(12)16/h2-7H,9,18H2,1H3. The zero-order chi connectivity index (χ0) is 14.7. The summed E-state index contributed by atoms with van der Waals surface area (Å²) in [6.07, 6.45) is 0. The summed E-state index contributed by atoms with van der Waals surface area (Å²) in [5.41, 5.74) is 8.59. The number of nitrogens with zero attached hydrogens (tertiary/aromatic N) is 1. The molecule has 2 N–H and O–H groups in total. The highest BCUT2D eigenvalue weighted by atomic mass is 35.5. The summed E-state index contributed by atoms with van der Waals surface area (Å²) in [6, 6.07) is 12.4. The van der Waals surface area contributed by atoms with E-state index in [2.05, 4.69) is 0 Å². The van der Waals surface area contributed by atoms with E-state index in [1.165, 1.54) is 0 Å². The molecule has 2 rings (SSSR count). The molecule has 0 saturated heterocycles. The molecular weight excluding hydrogens is 292 g/mol. The zero-order valence-corrected chi connectivity index (χ0v) is 12.5. The number of hydrogen-bond acceptors (Lipinski definition) is 3. The van der Waals surface area contributed by atoms with Crippen LogP contribution in [0.4, 0.5) is 5.69 Å². The predicted octanol–water partition coefficient (Wildman–Crippen LogP) is 3.41. The number of nitrogen functional groups attached to an aromatic ring is 1. The Morgan fingerprint density at radius 3 is 2.65 bits per heavy atom. The molecule has 0 aliphatic heterocycles. The molecule has 0 radical (unpaired) electrons. The lowest BCUT2D eigenvalue weighted by Gasteiger charge is -2.07. The molecule has 0 bridgehead atoms. The Kier molecular flexibility index (Phi) is 4.43. The van der Waals surface area contributed by atoms with Gasteiger partial charge in [-0.25, -0.2) is 0 Å². The SMILES string of the molecule is Cc1cc(S(=O)Cc2ccc(C#N)cc2Cl)ccc1N. The van der Waals surface area contributed by atoms with E-state index in [1.807, 2.05) is 19.1 Å². The fraction of sp³-hybridized carbons (Fsp3) is 0.133. The molecule has 2 aromatic rings. The van der Waals surface area contributed by atoms with Gasteiger partial charge in [0.15, 0.2) is 0 Å². The van der Waals surface area contributed by atoms with Crippen molar-refractivity contribution in [3.63, 3.8) is 0 Å². The van der Waals surface area contributed by atoms with Crippen molar-refractivity contribution in [3.8, 4) is 6.07 Å². The van der Waals surface area contributed by atoms with Crippen LogP contribution >= 0.6 is 11.6 Å². The predicted molar refractivity (Wildman–Crippen MR) is 81.9 cm³/mol. The van der Waals surface area contributed by atoms with E-state index in [1.54, 1.807) is 30.3 Å². The van der Waals surface area contributed by atoms with Gasteiger partial charge in [0.1, 0.15) is 0 Å². The summed E-state index contributed by atoms with van der Waals surface area (Å²) in [5.74, 6) is 0.313. The minimum absolute atomic E-state index is 0.313. The molecule has 1 unspecified atom stereocenters. The molecule has 0 fully saturated rings. The topological polar surface area (TPSA) is 66.9 Å². The first-order chi connectivity index (χ1) is 9.51. The molecule has 3 nitrogen and oxygen atoms in total. The van der Waals surface area contributed by atoms with Gasteiger partial charge in [0.2, 0.25) is 0 Å². The molecule has 1 atom stereocenters. The molecule has 0 saturated carbocycles. The van der Waals surface area contributed by atoms with Gasteiger partial charge in [-0.05, 0) is 48.4 Å². The van der Waals surface area contributed by atoms with E-state index in [4.69, 9.17) is 22.6 Å². The minimum atomic E-state index is -1.19. The fourth-order valence-electron chi connectivity index (χ4n) is 1.75. The van der Waals surface area contributed by atoms with Crippen LogP contribution in [-0.4, -0.2) is 4.21 Å². The van der Waals surface area contributed by atoms with Gasteiger partial charge in [-0.1, -0.05) is 17.7 Å². The molecule has 5 heteroatoms. The van der Waals surface area contributed by atoms with Crippen molar-refractivity contribution >= 4 is 28.1 Å². The van der Waals surface area contributed by atoms with Crippen molar-refractivity contribution in [2.45, 2.75) is 17.6 Å². The third-order valence-electron chi connectivity index (χ3n) is 2.97. The molecular formula is C15H13ClN2OS. The molecule has 102 valence electrons. The normalized spacial score (nSPS) is 11.8. The van der Waals surface area contributed by atoms with E-state index in [0.29, 0.717) is 22.0 Å². The second kappa shape index (κ2) is 6.08. The van der Waals surface area contributed by atoms with Crippen LogP contribution in [0.1, 0.15) is 16.7 Å². The summed E-state index contributed by atoms with van der Waals surface area (Å²) in [4.78, 5) is 0.720.